The van der Waals surface area contributed by atoms with Crippen LogP contribution in [0.5, 0.6) is 5.88 Å². The molecule has 6 rings (SSSR count). The van der Waals surface area contributed by atoms with Crippen molar-refractivity contribution >= 4 is 17.0 Å². The lowest BCUT2D eigenvalue weighted by Crippen LogP contribution is -2.27. The Morgan fingerprint density at radius 2 is 1.72 bits per heavy atom. The molecule has 1 saturated heterocycles. The van der Waals surface area contributed by atoms with Crippen molar-refractivity contribution in [2.45, 2.75) is 32.9 Å². The number of hydrogen-bond acceptors (Lipinski definition) is 6. The van der Waals surface area contributed by atoms with Crippen molar-refractivity contribution in [1.29, 1.82) is 5.26 Å². The van der Waals surface area contributed by atoms with E-state index in [0.717, 1.165) is 30.3 Å². The summed E-state index contributed by atoms with van der Waals surface area (Å²) in [6.45, 7) is 4.07. The van der Waals surface area contributed by atoms with Crippen LogP contribution in [0.4, 0.5) is 22.0 Å². The van der Waals surface area contributed by atoms with E-state index in [2.05, 4.69) is 9.97 Å². The molecule has 1 aliphatic heterocycles. The zero-order valence-electron chi connectivity index (χ0n) is 25.0. The van der Waals surface area contributed by atoms with E-state index in [1.165, 1.54) is 18.2 Å². The number of aromatic nitrogens is 3. The smallest absolute Gasteiger partial charge is 0.335 e. The van der Waals surface area contributed by atoms with Gasteiger partial charge in [0.2, 0.25) is 0 Å². The Bertz CT molecular complexity index is 2110. The number of rotatable bonds is 8. The number of nitrogens with zero attached hydrogens (tertiary/aromatic N) is 4. The number of pyridine rings is 1. The highest BCUT2D eigenvalue weighted by Gasteiger charge is 2.39. The van der Waals surface area contributed by atoms with Gasteiger partial charge in [-0.15, -0.1) is 0 Å². The van der Waals surface area contributed by atoms with Crippen LogP contribution in [0.3, 0.4) is 0 Å². The van der Waals surface area contributed by atoms with Crippen molar-refractivity contribution in [2.75, 3.05) is 13.2 Å². The van der Waals surface area contributed by atoms with Crippen LogP contribution in [0.15, 0.2) is 54.6 Å². The van der Waals surface area contributed by atoms with Crippen LogP contribution in [0.1, 0.15) is 52.8 Å². The molecule has 0 unspecified atom stereocenters. The number of carboxylic acid groups (broad SMARTS) is 1. The molecule has 0 bridgehead atoms. The number of carbonyl (C=O) groups is 1. The number of halogens is 5. The Balaban J connectivity index is 1.32. The number of nitriles is 1. The van der Waals surface area contributed by atoms with Gasteiger partial charge in [-0.1, -0.05) is 13.8 Å². The van der Waals surface area contributed by atoms with Crippen molar-refractivity contribution in [3.05, 3.63) is 112 Å². The van der Waals surface area contributed by atoms with Gasteiger partial charge in [0.25, 0.3) is 5.88 Å². The standard InChI is InChI=1S/C34H25F5N4O4/c1-34(2)16-46-15-30(34)43-29-10-17(33(44)45)3-5-28(29)41-31(43)11-18-7-26(39)21(12-25(18)38)27-6-4-22(35)32(42-27)47-14-20-9-23(36)19(13-40)8-24(20)37/h3-10,12,30H,11,14-16H2,1-2H3,(H,44,45)/t30-/m1/s1. The molecule has 0 radical (unpaired) electrons. The summed E-state index contributed by atoms with van der Waals surface area (Å²) in [6.07, 6.45) is -0.148. The highest BCUT2D eigenvalue weighted by molar-refractivity contribution is 5.92. The lowest BCUT2D eigenvalue weighted by molar-refractivity contribution is 0.0697. The number of fused-ring (bicyclic) bond motifs is 1. The van der Waals surface area contributed by atoms with Gasteiger partial charge in [0, 0.05) is 23.0 Å². The Kier molecular flexibility index (Phi) is 8.15. The lowest BCUT2D eigenvalue weighted by Gasteiger charge is -2.28. The first-order valence-corrected chi connectivity index (χ1v) is 14.3. The minimum atomic E-state index is -1.12. The van der Waals surface area contributed by atoms with Gasteiger partial charge in [0.05, 0.1) is 47.1 Å². The van der Waals surface area contributed by atoms with Crippen molar-refractivity contribution in [2.24, 2.45) is 5.41 Å². The van der Waals surface area contributed by atoms with Gasteiger partial charge in [-0.3, -0.25) is 0 Å². The summed E-state index contributed by atoms with van der Waals surface area (Å²) in [5.41, 5.74) is -0.687. The van der Waals surface area contributed by atoms with Crippen LogP contribution in [0.2, 0.25) is 0 Å². The molecule has 3 heterocycles. The molecule has 0 aliphatic carbocycles. The molecule has 5 aromatic rings. The third-order valence-electron chi connectivity index (χ3n) is 8.17. The summed E-state index contributed by atoms with van der Waals surface area (Å²) < 4.78 is 86.8. The van der Waals surface area contributed by atoms with Crippen molar-refractivity contribution in [3.8, 4) is 23.2 Å². The molecule has 1 N–H and O–H groups in total. The molecule has 0 amide bonds. The molecule has 13 heteroatoms. The number of imidazole rings is 1. The molecule has 240 valence electrons. The van der Waals surface area contributed by atoms with Gasteiger partial charge in [-0.2, -0.15) is 5.26 Å². The van der Waals surface area contributed by atoms with Crippen molar-refractivity contribution in [1.82, 2.24) is 14.5 Å². The third kappa shape index (κ3) is 5.99. The molecule has 1 fully saturated rings. The molecule has 1 atom stereocenters. The summed E-state index contributed by atoms with van der Waals surface area (Å²) in [5.74, 6) is -6.03. The van der Waals surface area contributed by atoms with Gasteiger partial charge in [-0.05, 0) is 60.2 Å². The summed E-state index contributed by atoms with van der Waals surface area (Å²) in [4.78, 5) is 20.3. The van der Waals surface area contributed by atoms with Crippen LogP contribution in [-0.4, -0.2) is 38.8 Å². The summed E-state index contributed by atoms with van der Waals surface area (Å²) in [5, 5.41) is 18.4. The maximum Gasteiger partial charge on any atom is 0.335 e. The third-order valence-corrected chi connectivity index (χ3v) is 8.17. The van der Waals surface area contributed by atoms with Crippen LogP contribution in [0, 0.1) is 45.8 Å². The summed E-state index contributed by atoms with van der Waals surface area (Å²) in [7, 11) is 0. The highest BCUT2D eigenvalue weighted by Crippen LogP contribution is 2.41. The molecule has 47 heavy (non-hydrogen) atoms. The number of carboxylic acids is 1. The van der Waals surface area contributed by atoms with Crippen LogP contribution >= 0.6 is 0 Å². The van der Waals surface area contributed by atoms with Crippen LogP contribution in [0.25, 0.3) is 22.3 Å². The Morgan fingerprint density at radius 3 is 2.43 bits per heavy atom. The number of aromatic carboxylic acids is 1. The first kappa shape index (κ1) is 31.6. The normalized spacial score (nSPS) is 15.6. The largest absolute Gasteiger partial charge is 0.478 e. The molecule has 8 nitrogen and oxygen atoms in total. The first-order valence-electron chi connectivity index (χ1n) is 14.3. The fourth-order valence-electron chi connectivity index (χ4n) is 5.62. The Labute approximate surface area is 264 Å². The summed E-state index contributed by atoms with van der Waals surface area (Å²) in [6, 6.07) is 11.0. The monoisotopic (exact) mass is 648 g/mol. The van der Waals surface area contributed by atoms with Gasteiger partial charge < -0.3 is 19.1 Å². The average molecular weight is 649 g/mol. The average Bonchev–Trinajstić information content (AvgIpc) is 3.56. The first-order chi connectivity index (χ1) is 22.4. The zero-order chi connectivity index (χ0) is 33.6. The fraction of sp³-hybridized carbons (Fsp3) is 0.235. The van der Waals surface area contributed by atoms with Crippen LogP contribution in [-0.2, 0) is 17.8 Å². The Hall–Kier alpha value is -5.35. The lowest BCUT2D eigenvalue weighted by atomic mass is 9.87. The van der Waals surface area contributed by atoms with E-state index >= 15 is 8.78 Å². The second kappa shape index (κ2) is 12.1. The second-order valence-corrected chi connectivity index (χ2v) is 11.8. The second-order valence-electron chi connectivity index (χ2n) is 11.8. The fourth-order valence-corrected chi connectivity index (χ4v) is 5.62. The Morgan fingerprint density at radius 1 is 0.979 bits per heavy atom. The summed E-state index contributed by atoms with van der Waals surface area (Å²) >= 11 is 0. The number of hydrogen-bond donors (Lipinski definition) is 1. The maximum absolute atomic E-state index is 15.6. The number of benzene rings is 3. The van der Waals surface area contributed by atoms with E-state index in [4.69, 9.17) is 14.7 Å². The topological polar surface area (TPSA) is 110 Å². The SMILES string of the molecule is CC1(C)COC[C@H]1n1c(Cc2cc(F)c(-c3ccc(F)c(OCc4cc(F)c(C#N)cc4F)n3)cc2F)nc2ccc(C(=O)O)cc21. The van der Waals surface area contributed by atoms with Crippen LogP contribution < -0.4 is 4.74 Å². The molecule has 0 spiro atoms. The minimum absolute atomic E-state index is 0.0464. The quantitative estimate of drug-likeness (QED) is 0.178. The van der Waals surface area contributed by atoms with Crippen molar-refractivity contribution in [3.63, 3.8) is 0 Å². The van der Waals surface area contributed by atoms with E-state index in [1.54, 1.807) is 6.07 Å². The molecule has 0 saturated carbocycles. The molecule has 1 aliphatic rings. The minimum Gasteiger partial charge on any atom is -0.478 e. The zero-order valence-corrected chi connectivity index (χ0v) is 25.0. The predicted octanol–water partition coefficient (Wildman–Crippen LogP) is 7.13. The van der Waals surface area contributed by atoms with Gasteiger partial charge in [-0.25, -0.2) is 36.7 Å². The molecule has 2 aromatic heterocycles. The van der Waals surface area contributed by atoms with E-state index in [9.17, 15) is 23.1 Å². The highest BCUT2D eigenvalue weighted by atomic mass is 19.1. The molecular weight excluding hydrogens is 623 g/mol. The maximum atomic E-state index is 15.6. The van der Waals surface area contributed by atoms with Gasteiger partial charge in [0.15, 0.2) is 5.82 Å². The van der Waals surface area contributed by atoms with E-state index in [0.29, 0.717) is 36.1 Å². The van der Waals surface area contributed by atoms with E-state index in [-0.39, 0.29) is 45.8 Å². The van der Waals surface area contributed by atoms with Gasteiger partial charge in [0.1, 0.15) is 41.8 Å². The van der Waals surface area contributed by atoms with E-state index in [1.807, 2.05) is 18.4 Å². The van der Waals surface area contributed by atoms with Gasteiger partial charge >= 0.3 is 5.97 Å². The molecule has 3 aromatic carbocycles. The molecular formula is C34H25F5N4O4. The van der Waals surface area contributed by atoms with E-state index < -0.39 is 53.1 Å². The predicted molar refractivity (Wildman–Crippen MR) is 158 cm³/mol. The van der Waals surface area contributed by atoms with Crippen molar-refractivity contribution < 1.29 is 41.3 Å². The number of ether oxygens (including phenoxy) is 2.